The van der Waals surface area contributed by atoms with Crippen molar-refractivity contribution < 1.29 is 9.90 Å². The summed E-state index contributed by atoms with van der Waals surface area (Å²) in [6, 6.07) is 5.54. The maximum absolute atomic E-state index is 11.2. The summed E-state index contributed by atoms with van der Waals surface area (Å²) in [7, 11) is 0. The molecular weight excluding hydrogens is 285 g/mol. The Morgan fingerprint density at radius 2 is 2.11 bits per heavy atom. The molecule has 0 bridgehead atoms. The number of carbonyl (C=O) groups is 1. The Bertz CT molecular complexity index is 492. The van der Waals surface area contributed by atoms with Gasteiger partial charge < -0.3 is 5.11 Å². The molecule has 1 aliphatic rings. The van der Waals surface area contributed by atoms with E-state index in [0.717, 1.165) is 12.1 Å². The second kappa shape index (κ2) is 5.70. The number of carboxylic acids is 1. The van der Waals surface area contributed by atoms with Crippen molar-refractivity contribution in [2.75, 3.05) is 13.1 Å². The van der Waals surface area contributed by atoms with Crippen LogP contribution in [0.3, 0.4) is 0 Å². The summed E-state index contributed by atoms with van der Waals surface area (Å²) < 4.78 is 0. The van der Waals surface area contributed by atoms with Gasteiger partial charge in [-0.25, -0.2) is 0 Å². The molecule has 0 spiro atoms. The molecule has 5 heteroatoms. The van der Waals surface area contributed by atoms with Crippen molar-refractivity contribution in [1.29, 1.82) is 0 Å². The maximum Gasteiger partial charge on any atom is 0.308 e. The van der Waals surface area contributed by atoms with Crippen LogP contribution < -0.4 is 0 Å². The van der Waals surface area contributed by atoms with Crippen molar-refractivity contribution in [2.24, 2.45) is 11.8 Å². The fourth-order valence-electron chi connectivity index (χ4n) is 2.68. The van der Waals surface area contributed by atoms with Crippen molar-refractivity contribution in [2.45, 2.75) is 19.9 Å². The largest absolute Gasteiger partial charge is 0.481 e. The van der Waals surface area contributed by atoms with Gasteiger partial charge in [-0.15, -0.1) is 0 Å². The van der Waals surface area contributed by atoms with E-state index in [1.807, 2.05) is 26.0 Å². The minimum Gasteiger partial charge on any atom is -0.481 e. The third-order valence-corrected chi connectivity index (χ3v) is 4.48. The number of likely N-dealkylation sites (tertiary alicyclic amines) is 1. The second-order valence-corrected chi connectivity index (χ2v) is 6.06. The minimum absolute atomic E-state index is 0.0940. The molecule has 3 nitrogen and oxygen atoms in total. The Morgan fingerprint density at radius 3 is 2.63 bits per heavy atom. The average Bonchev–Trinajstić information content (AvgIpc) is 2.70. The van der Waals surface area contributed by atoms with E-state index in [-0.39, 0.29) is 17.9 Å². The number of nitrogens with zero attached hydrogens (tertiary/aromatic N) is 1. The molecule has 3 unspecified atom stereocenters. The molecule has 1 aromatic rings. The summed E-state index contributed by atoms with van der Waals surface area (Å²) in [5.41, 5.74) is 0.990. The van der Waals surface area contributed by atoms with Crippen molar-refractivity contribution in [3.05, 3.63) is 33.8 Å². The van der Waals surface area contributed by atoms with Gasteiger partial charge >= 0.3 is 5.97 Å². The molecule has 1 aromatic carbocycles. The molecule has 0 saturated carbocycles. The van der Waals surface area contributed by atoms with Gasteiger partial charge in [-0.3, -0.25) is 9.69 Å². The Hall–Kier alpha value is -0.770. The van der Waals surface area contributed by atoms with Crippen LogP contribution in [-0.4, -0.2) is 29.1 Å². The van der Waals surface area contributed by atoms with E-state index in [1.165, 1.54) is 0 Å². The van der Waals surface area contributed by atoms with Crippen LogP contribution in [0.5, 0.6) is 0 Å². The van der Waals surface area contributed by atoms with Crippen LogP contribution >= 0.6 is 23.2 Å². The van der Waals surface area contributed by atoms with Gasteiger partial charge in [-0.05, 0) is 30.5 Å². The molecule has 1 heterocycles. The monoisotopic (exact) mass is 301 g/mol. The number of aliphatic carboxylic acids is 1. The highest BCUT2D eigenvalue weighted by atomic mass is 35.5. The molecule has 1 fully saturated rings. The molecule has 3 atom stereocenters. The lowest BCUT2D eigenvalue weighted by Crippen LogP contribution is -2.26. The van der Waals surface area contributed by atoms with E-state index >= 15 is 0 Å². The summed E-state index contributed by atoms with van der Waals surface area (Å²) in [5.74, 6) is -0.857. The molecule has 0 aromatic heterocycles. The summed E-state index contributed by atoms with van der Waals surface area (Å²) >= 11 is 12.1. The fourth-order valence-corrected chi connectivity index (χ4v) is 3.25. The van der Waals surface area contributed by atoms with Crippen LogP contribution in [-0.2, 0) is 4.79 Å². The number of rotatable bonds is 3. The summed E-state index contributed by atoms with van der Waals surface area (Å²) in [6.07, 6.45) is 0. The molecule has 104 valence electrons. The van der Waals surface area contributed by atoms with E-state index in [2.05, 4.69) is 4.90 Å². The summed E-state index contributed by atoms with van der Waals surface area (Å²) in [5, 5.41) is 10.4. The number of carboxylic acid groups (broad SMARTS) is 1. The van der Waals surface area contributed by atoms with Crippen LogP contribution in [0.2, 0.25) is 10.0 Å². The van der Waals surface area contributed by atoms with E-state index < -0.39 is 5.97 Å². The van der Waals surface area contributed by atoms with Gasteiger partial charge in [-0.2, -0.15) is 0 Å². The molecule has 1 N–H and O–H groups in total. The molecule has 0 aliphatic carbocycles. The lowest BCUT2D eigenvalue weighted by atomic mass is 9.99. The minimum atomic E-state index is -0.718. The predicted molar refractivity (Wildman–Crippen MR) is 76.7 cm³/mol. The maximum atomic E-state index is 11.2. The van der Waals surface area contributed by atoms with Gasteiger partial charge in [0.05, 0.1) is 5.92 Å². The average molecular weight is 302 g/mol. The normalized spacial score (nSPS) is 25.5. The standard InChI is InChI=1S/C14H17Cl2NO2/c1-8-6-17(7-12(8)14(18)19)9(2)11-4-3-10(15)5-13(11)16/h3-5,8-9,12H,6-7H2,1-2H3,(H,18,19). The first-order valence-electron chi connectivity index (χ1n) is 6.32. The summed E-state index contributed by atoms with van der Waals surface area (Å²) in [4.78, 5) is 13.3. The Morgan fingerprint density at radius 1 is 1.42 bits per heavy atom. The number of hydrogen-bond donors (Lipinski definition) is 1. The first-order chi connectivity index (χ1) is 8.90. The summed E-state index contributed by atoms with van der Waals surface area (Å²) in [6.45, 7) is 5.37. The predicted octanol–water partition coefficient (Wildman–Crippen LogP) is 3.71. The van der Waals surface area contributed by atoms with Crippen molar-refractivity contribution in [1.82, 2.24) is 4.90 Å². The van der Waals surface area contributed by atoms with Crippen LogP contribution in [0.15, 0.2) is 18.2 Å². The van der Waals surface area contributed by atoms with Crippen LogP contribution in [0.4, 0.5) is 0 Å². The number of halogens is 2. The van der Waals surface area contributed by atoms with Gasteiger partial charge in [0, 0.05) is 29.2 Å². The van der Waals surface area contributed by atoms with Gasteiger partial charge in [0.2, 0.25) is 0 Å². The molecule has 1 aliphatic heterocycles. The zero-order valence-electron chi connectivity index (χ0n) is 10.9. The first kappa shape index (κ1) is 14.6. The Kier molecular flexibility index (Phi) is 4.39. The fraction of sp³-hybridized carbons (Fsp3) is 0.500. The smallest absolute Gasteiger partial charge is 0.308 e. The van der Waals surface area contributed by atoms with Gasteiger partial charge in [-0.1, -0.05) is 36.2 Å². The van der Waals surface area contributed by atoms with E-state index in [0.29, 0.717) is 16.6 Å². The topological polar surface area (TPSA) is 40.5 Å². The highest BCUT2D eigenvalue weighted by Crippen LogP contribution is 2.34. The first-order valence-corrected chi connectivity index (χ1v) is 7.07. The van der Waals surface area contributed by atoms with E-state index in [4.69, 9.17) is 23.2 Å². The van der Waals surface area contributed by atoms with E-state index in [1.54, 1.807) is 6.07 Å². The molecule has 1 saturated heterocycles. The van der Waals surface area contributed by atoms with Gasteiger partial charge in [0.25, 0.3) is 0 Å². The highest BCUT2D eigenvalue weighted by molar-refractivity contribution is 6.35. The Labute approximate surface area is 123 Å². The van der Waals surface area contributed by atoms with Gasteiger partial charge in [0.15, 0.2) is 0 Å². The Balaban J connectivity index is 2.17. The van der Waals surface area contributed by atoms with Crippen molar-refractivity contribution in [3.8, 4) is 0 Å². The van der Waals surface area contributed by atoms with Gasteiger partial charge in [0.1, 0.15) is 0 Å². The second-order valence-electron chi connectivity index (χ2n) is 5.22. The lowest BCUT2D eigenvalue weighted by Gasteiger charge is -2.25. The zero-order chi connectivity index (χ0) is 14.2. The van der Waals surface area contributed by atoms with Crippen LogP contribution in [0, 0.1) is 11.8 Å². The third-order valence-electron chi connectivity index (χ3n) is 3.92. The zero-order valence-corrected chi connectivity index (χ0v) is 12.4. The molecule has 0 amide bonds. The van der Waals surface area contributed by atoms with E-state index in [9.17, 15) is 9.90 Å². The molecule has 0 radical (unpaired) electrons. The third kappa shape index (κ3) is 3.04. The molecule has 2 rings (SSSR count). The number of hydrogen-bond acceptors (Lipinski definition) is 2. The number of benzene rings is 1. The van der Waals surface area contributed by atoms with Crippen LogP contribution in [0.1, 0.15) is 25.5 Å². The van der Waals surface area contributed by atoms with Crippen LogP contribution in [0.25, 0.3) is 0 Å². The van der Waals surface area contributed by atoms with Crippen molar-refractivity contribution in [3.63, 3.8) is 0 Å². The quantitative estimate of drug-likeness (QED) is 0.925. The lowest BCUT2D eigenvalue weighted by molar-refractivity contribution is -0.142. The molecule has 19 heavy (non-hydrogen) atoms. The van der Waals surface area contributed by atoms with Crippen molar-refractivity contribution >= 4 is 29.2 Å². The molecular formula is C14H17Cl2NO2. The SMILES string of the molecule is CC1CN(C(C)c2ccc(Cl)cc2Cl)CC1C(=O)O. The highest BCUT2D eigenvalue weighted by Gasteiger charge is 2.37.